The molecule has 2 heterocycles. The highest BCUT2D eigenvalue weighted by atomic mass is 16.4. The third-order valence-corrected chi connectivity index (χ3v) is 17.6. The Morgan fingerprint density at radius 3 is 1.02 bits per heavy atom. The number of hydrogen-bond donors (Lipinski definition) is 22. The lowest BCUT2D eigenvalue weighted by Crippen LogP contribution is -2.61. The Balaban J connectivity index is 2.44. The van der Waals surface area contributed by atoms with E-state index in [1.807, 2.05) is 5.32 Å². The van der Waals surface area contributed by atoms with Crippen molar-refractivity contribution in [3.05, 3.63) is 0 Å². The summed E-state index contributed by atoms with van der Waals surface area (Å²) in [6.07, 6.45) is -10.7. The molecule has 16 atom stereocenters. The van der Waals surface area contributed by atoms with Crippen LogP contribution in [0.5, 0.6) is 0 Å². The summed E-state index contributed by atoms with van der Waals surface area (Å²) >= 11 is 0. The molecule has 2 aliphatic heterocycles. The molecule has 16 amide bonds. The van der Waals surface area contributed by atoms with Gasteiger partial charge in [-0.3, -0.25) is 105 Å². The van der Waals surface area contributed by atoms with Crippen molar-refractivity contribution >= 4 is 130 Å². The van der Waals surface area contributed by atoms with Crippen LogP contribution >= 0.6 is 0 Å². The van der Waals surface area contributed by atoms with Gasteiger partial charge >= 0.3 is 35.8 Å². The lowest BCUT2D eigenvalue weighted by atomic mass is 10.0. The van der Waals surface area contributed by atoms with Gasteiger partial charge in [-0.05, 0) is 104 Å². The van der Waals surface area contributed by atoms with Crippen LogP contribution in [0.3, 0.4) is 0 Å². The quantitative estimate of drug-likeness (QED) is 0.0269. The highest BCUT2D eigenvalue weighted by Gasteiger charge is 2.44. The topological polar surface area (TPSA) is 746 Å². The Bertz CT molecular complexity index is 3540. The molecule has 0 aromatic carbocycles. The number of aliphatic hydroxyl groups excluding tert-OH is 1. The van der Waals surface area contributed by atoms with Crippen molar-refractivity contribution in [3.63, 3.8) is 0 Å². The standard InChI is InChI=1S/C67H105N17O29/c1-28(2)23-38(78-54(99)31(6)72-58(103)40(26-50(94)95)81-60(105)39(25-46(69)87)79-57(102)36(15-19-48(90)91)76-64(109)52(70)33(8)85)59(104)77-37(16-20-49(92)93)65(110)83-21-9-11-43(83)62(107)75-35(14-18-47(88)89)56(101)80-41(27-51(96)97)61(106)82-42(24-29(3)4)66(111)84-22-10-12-44(84)63(108)74-34(13-17-45(68)86)55(100)71-30(5)53(98)73-32(7)67(112)113/h28-44,52,85H,9-27,70H2,1-8H3,(H2,68,86)(H2,69,87)(H,71,100)(H,72,103)(H,73,98)(H,74,108)(H,75,107)(H,76,109)(H,77,104)(H,78,99)(H,79,102)(H,80,101)(H,81,105)(H,82,106)(H,88,89)(H,90,91)(H,92,93)(H,94,95)(H,96,97)(H,112,113)/t30-,31-,32-,33+,34-,35-,36-,37-,38-,39-,40-,41-,42-,43-,44-,52-/m0/s1. The fourth-order valence-electron chi connectivity index (χ4n) is 11.6. The van der Waals surface area contributed by atoms with Crippen LogP contribution in [0.15, 0.2) is 0 Å². The van der Waals surface area contributed by atoms with Gasteiger partial charge in [0.2, 0.25) is 94.5 Å². The van der Waals surface area contributed by atoms with Crippen LogP contribution in [0.1, 0.15) is 165 Å². The van der Waals surface area contributed by atoms with Gasteiger partial charge in [0, 0.05) is 38.8 Å². The minimum absolute atomic E-state index is 0.0165. The summed E-state index contributed by atoms with van der Waals surface area (Å²) in [6.45, 7) is 10.6. The molecule has 2 rings (SSSR count). The van der Waals surface area contributed by atoms with E-state index in [1.54, 1.807) is 27.7 Å². The van der Waals surface area contributed by atoms with E-state index in [1.165, 1.54) is 6.92 Å². The van der Waals surface area contributed by atoms with Crippen molar-refractivity contribution < 1.29 is 141 Å². The van der Waals surface area contributed by atoms with Crippen LogP contribution in [-0.2, 0) is 105 Å². The molecular formula is C67H105N17O29. The number of nitrogens with two attached hydrogens (primary N) is 3. The van der Waals surface area contributed by atoms with E-state index < -0.39 is 310 Å². The summed E-state index contributed by atoms with van der Waals surface area (Å²) in [5, 5.41) is 94.4. The molecule has 0 bridgehead atoms. The van der Waals surface area contributed by atoms with Crippen molar-refractivity contribution in [1.82, 2.24) is 73.6 Å². The molecule has 113 heavy (non-hydrogen) atoms. The Hall–Kier alpha value is -11.7. The first-order valence-electron chi connectivity index (χ1n) is 36.1. The Kier molecular flexibility index (Phi) is 40.3. The van der Waals surface area contributed by atoms with Crippen LogP contribution in [0.4, 0.5) is 0 Å². The Morgan fingerprint density at radius 1 is 0.336 bits per heavy atom. The molecule has 46 nitrogen and oxygen atoms in total. The third-order valence-electron chi connectivity index (χ3n) is 17.6. The predicted octanol–water partition coefficient (Wildman–Crippen LogP) is -8.58. The summed E-state index contributed by atoms with van der Waals surface area (Å²) < 4.78 is 0. The first-order valence-corrected chi connectivity index (χ1v) is 36.1. The molecule has 0 aromatic rings. The smallest absolute Gasteiger partial charge is 0.325 e. The third kappa shape index (κ3) is 34.2. The first-order chi connectivity index (χ1) is 52.5. The molecule has 0 spiro atoms. The average molecular weight is 1610 g/mol. The Labute approximate surface area is 646 Å². The van der Waals surface area contributed by atoms with E-state index in [2.05, 4.69) is 58.5 Å². The molecule has 2 fully saturated rings. The normalized spacial score (nSPS) is 17.5. The molecule has 0 aliphatic carbocycles. The summed E-state index contributed by atoms with van der Waals surface area (Å²) in [5.41, 5.74) is 16.3. The molecule has 0 saturated carbocycles. The first kappa shape index (κ1) is 97.3. The number of nitrogens with one attached hydrogen (secondary N) is 12. The van der Waals surface area contributed by atoms with E-state index in [0.717, 1.165) is 30.6 Å². The van der Waals surface area contributed by atoms with Gasteiger partial charge < -0.3 is 127 Å². The monoisotopic (exact) mass is 1610 g/mol. The maximum absolute atomic E-state index is 14.6. The molecular weight excluding hydrogens is 1510 g/mol. The maximum Gasteiger partial charge on any atom is 0.325 e. The van der Waals surface area contributed by atoms with Gasteiger partial charge in [-0.2, -0.15) is 0 Å². The van der Waals surface area contributed by atoms with Gasteiger partial charge in [0.25, 0.3) is 0 Å². The number of carboxylic acids is 6. The number of amides is 16. The Morgan fingerprint density at radius 2 is 0.637 bits per heavy atom. The van der Waals surface area contributed by atoms with E-state index in [0.29, 0.717) is 0 Å². The second-order valence-electron chi connectivity index (χ2n) is 28.2. The van der Waals surface area contributed by atoms with Crippen LogP contribution < -0.4 is 81.0 Å². The van der Waals surface area contributed by atoms with Crippen molar-refractivity contribution in [2.75, 3.05) is 13.1 Å². The minimum Gasteiger partial charge on any atom is -0.481 e. The SMILES string of the molecule is CC(C)C[C@H](NC(=O)[C@H](C)NC(=O)[C@H](CC(=O)O)NC(=O)[C@H](CC(N)=O)NC(=O)[C@H](CCC(=O)O)NC(=O)[C@@H](N)[C@@H](C)O)C(=O)N[C@@H](CCC(=O)O)C(=O)N1CCC[C@H]1C(=O)N[C@@H](CCC(=O)O)C(=O)N[C@@H](CC(=O)O)C(=O)N[C@@H](CC(C)C)C(=O)N1CCC[C@H]1C(=O)N[C@@H](CCC(N)=O)C(=O)N[C@@H](C)C(=O)N[C@@H](C)C(=O)O. The molecule has 2 saturated heterocycles. The number of aliphatic hydroxyl groups is 1. The number of likely N-dealkylation sites (tertiary alicyclic amines) is 2. The van der Waals surface area contributed by atoms with Gasteiger partial charge in [0.05, 0.1) is 25.4 Å². The number of carbonyl (C=O) groups is 22. The molecule has 0 unspecified atom stereocenters. The van der Waals surface area contributed by atoms with E-state index >= 15 is 0 Å². The van der Waals surface area contributed by atoms with Crippen LogP contribution in [0.25, 0.3) is 0 Å². The molecule has 2 aliphatic rings. The fourth-order valence-corrected chi connectivity index (χ4v) is 11.6. The summed E-state index contributed by atoms with van der Waals surface area (Å²) in [4.78, 5) is 291. The minimum atomic E-state index is -2.13. The number of primary amides is 2. The lowest BCUT2D eigenvalue weighted by Gasteiger charge is -2.32. The zero-order valence-corrected chi connectivity index (χ0v) is 63.6. The number of rotatable bonds is 50. The zero-order chi connectivity index (χ0) is 86.2. The molecule has 25 N–H and O–H groups in total. The summed E-state index contributed by atoms with van der Waals surface area (Å²) in [6, 6.07) is -25.6. The predicted molar refractivity (Wildman–Crippen MR) is 383 cm³/mol. The zero-order valence-electron chi connectivity index (χ0n) is 63.6. The van der Waals surface area contributed by atoms with Gasteiger partial charge in [0.1, 0.15) is 90.6 Å². The second kappa shape index (κ2) is 46.8. The molecule has 632 valence electrons. The number of aliphatic carboxylic acids is 6. The van der Waals surface area contributed by atoms with E-state index in [-0.39, 0.29) is 51.6 Å². The van der Waals surface area contributed by atoms with Gasteiger partial charge in [0.15, 0.2) is 0 Å². The van der Waals surface area contributed by atoms with Crippen LogP contribution in [-0.4, -0.2) is 286 Å². The number of nitrogens with zero attached hydrogens (tertiary/aromatic N) is 2. The summed E-state index contributed by atoms with van der Waals surface area (Å²) in [5.74, 6) is -28.5. The highest BCUT2D eigenvalue weighted by molar-refractivity contribution is 6.02. The van der Waals surface area contributed by atoms with Gasteiger partial charge in [-0.1, -0.05) is 27.7 Å². The van der Waals surface area contributed by atoms with Gasteiger partial charge in [-0.15, -0.1) is 0 Å². The van der Waals surface area contributed by atoms with Crippen LogP contribution in [0.2, 0.25) is 0 Å². The number of carboxylic acid groups (broad SMARTS) is 6. The molecule has 0 aromatic heterocycles. The van der Waals surface area contributed by atoms with Crippen molar-refractivity contribution in [3.8, 4) is 0 Å². The average Bonchev–Trinajstić information content (AvgIpc) is 1.73. The van der Waals surface area contributed by atoms with Crippen molar-refractivity contribution in [2.45, 2.75) is 261 Å². The van der Waals surface area contributed by atoms with Gasteiger partial charge in [-0.25, -0.2) is 0 Å². The maximum atomic E-state index is 14.6. The highest BCUT2D eigenvalue weighted by Crippen LogP contribution is 2.24. The molecule has 0 radical (unpaired) electrons. The second-order valence-corrected chi connectivity index (χ2v) is 28.2. The number of carbonyl (C=O) groups excluding carboxylic acids is 16. The van der Waals surface area contributed by atoms with Crippen molar-refractivity contribution in [1.29, 1.82) is 0 Å². The lowest BCUT2D eigenvalue weighted by molar-refractivity contribution is -0.144. The van der Waals surface area contributed by atoms with Crippen molar-refractivity contribution in [2.24, 2.45) is 29.0 Å². The number of hydrogen-bond acceptors (Lipinski definition) is 24. The summed E-state index contributed by atoms with van der Waals surface area (Å²) in [7, 11) is 0. The molecule has 46 heteroatoms. The van der Waals surface area contributed by atoms with E-state index in [4.69, 9.17) is 17.2 Å². The largest absolute Gasteiger partial charge is 0.481 e. The fraction of sp³-hybridized carbons (Fsp3) is 0.672. The van der Waals surface area contributed by atoms with Crippen LogP contribution in [0, 0.1) is 11.8 Å². The van der Waals surface area contributed by atoms with E-state index in [9.17, 15) is 141 Å².